The molecule has 0 radical (unpaired) electrons. The molecule has 0 aliphatic carbocycles. The van der Waals surface area contributed by atoms with Crippen molar-refractivity contribution in [3.63, 3.8) is 0 Å². The maximum Gasteiger partial charge on any atom is 0.148 e. The molecule has 2 rings (SSSR count). The summed E-state index contributed by atoms with van der Waals surface area (Å²) in [5.74, 6) is 0.827. The van der Waals surface area contributed by atoms with Crippen LogP contribution in [0.25, 0.3) is 10.6 Å². The number of nitrogens with zero attached hydrogens (tertiary/aromatic N) is 2. The van der Waals surface area contributed by atoms with Crippen molar-refractivity contribution < 1.29 is 0 Å². The largest absolute Gasteiger partial charge is 0.369 e. The molecule has 0 unspecified atom stereocenters. The molecule has 2 heterocycles. The van der Waals surface area contributed by atoms with Crippen LogP contribution in [0.3, 0.4) is 0 Å². The topological polar surface area (TPSA) is 37.8 Å². The van der Waals surface area contributed by atoms with Crippen LogP contribution in [0.4, 0.5) is 5.82 Å². The van der Waals surface area contributed by atoms with E-state index in [1.807, 2.05) is 36.6 Å². The first-order valence-corrected chi connectivity index (χ1v) is 5.39. The fraction of sp³-hybridized carbons (Fsp3) is 0.200. The van der Waals surface area contributed by atoms with Gasteiger partial charge in [-0.1, -0.05) is 6.07 Å². The van der Waals surface area contributed by atoms with Crippen molar-refractivity contribution in [2.45, 2.75) is 6.92 Å². The molecule has 0 fully saturated rings. The van der Waals surface area contributed by atoms with Gasteiger partial charge in [0.2, 0.25) is 0 Å². The van der Waals surface area contributed by atoms with E-state index in [0.717, 1.165) is 22.9 Å². The average molecular weight is 205 g/mol. The van der Waals surface area contributed by atoms with Gasteiger partial charge in [0.25, 0.3) is 0 Å². The second-order valence-corrected chi connectivity index (χ2v) is 3.76. The van der Waals surface area contributed by atoms with Crippen molar-refractivity contribution in [2.75, 3.05) is 11.9 Å². The highest BCUT2D eigenvalue weighted by atomic mass is 32.1. The summed E-state index contributed by atoms with van der Waals surface area (Å²) in [6.45, 7) is 2.90. The summed E-state index contributed by atoms with van der Waals surface area (Å²) in [5.41, 5.74) is 0.932. The first kappa shape index (κ1) is 9.15. The molecule has 14 heavy (non-hydrogen) atoms. The minimum Gasteiger partial charge on any atom is -0.369 e. The molecule has 72 valence electrons. The minimum atomic E-state index is 0.827. The highest BCUT2D eigenvalue weighted by Gasteiger charge is 2.00. The van der Waals surface area contributed by atoms with E-state index in [-0.39, 0.29) is 0 Å². The molecular formula is C10H11N3S. The Labute approximate surface area is 86.8 Å². The third kappa shape index (κ3) is 1.90. The van der Waals surface area contributed by atoms with Gasteiger partial charge in [-0.05, 0) is 30.5 Å². The van der Waals surface area contributed by atoms with E-state index in [1.165, 1.54) is 0 Å². The maximum atomic E-state index is 4.14. The Morgan fingerprint density at radius 1 is 1.29 bits per heavy atom. The van der Waals surface area contributed by atoms with Crippen molar-refractivity contribution in [1.82, 2.24) is 10.2 Å². The Bertz CT molecular complexity index is 380. The summed E-state index contributed by atoms with van der Waals surface area (Å²) in [5, 5.41) is 13.4. The Hall–Kier alpha value is -1.42. The molecule has 0 amide bonds. The molecule has 0 atom stereocenters. The number of hydrogen-bond donors (Lipinski definition) is 1. The molecule has 2 aromatic heterocycles. The Kier molecular flexibility index (Phi) is 2.74. The van der Waals surface area contributed by atoms with Gasteiger partial charge in [0.1, 0.15) is 11.5 Å². The van der Waals surface area contributed by atoms with Crippen LogP contribution in [-0.2, 0) is 0 Å². The fourth-order valence-electron chi connectivity index (χ4n) is 1.16. The van der Waals surface area contributed by atoms with Gasteiger partial charge in [-0.25, -0.2) is 0 Å². The van der Waals surface area contributed by atoms with Gasteiger partial charge in [0.05, 0.1) is 4.88 Å². The van der Waals surface area contributed by atoms with E-state index in [4.69, 9.17) is 0 Å². The summed E-state index contributed by atoms with van der Waals surface area (Å²) >= 11 is 1.67. The quantitative estimate of drug-likeness (QED) is 0.837. The predicted molar refractivity (Wildman–Crippen MR) is 59.5 cm³/mol. The van der Waals surface area contributed by atoms with Crippen molar-refractivity contribution in [3.05, 3.63) is 29.6 Å². The molecule has 2 aromatic rings. The van der Waals surface area contributed by atoms with Crippen LogP contribution in [0.5, 0.6) is 0 Å². The summed E-state index contributed by atoms with van der Waals surface area (Å²) < 4.78 is 0. The molecule has 0 saturated carbocycles. The number of hydrogen-bond acceptors (Lipinski definition) is 4. The van der Waals surface area contributed by atoms with E-state index >= 15 is 0 Å². The zero-order valence-corrected chi connectivity index (χ0v) is 8.71. The minimum absolute atomic E-state index is 0.827. The summed E-state index contributed by atoms with van der Waals surface area (Å²) in [7, 11) is 0. The van der Waals surface area contributed by atoms with Gasteiger partial charge in [0.15, 0.2) is 0 Å². The second kappa shape index (κ2) is 4.19. The zero-order chi connectivity index (χ0) is 9.80. The monoisotopic (exact) mass is 205 g/mol. The van der Waals surface area contributed by atoms with Gasteiger partial charge >= 0.3 is 0 Å². The van der Waals surface area contributed by atoms with E-state index in [9.17, 15) is 0 Å². The first-order valence-electron chi connectivity index (χ1n) is 4.51. The van der Waals surface area contributed by atoms with Crippen LogP contribution in [0.2, 0.25) is 0 Å². The molecule has 1 N–H and O–H groups in total. The van der Waals surface area contributed by atoms with Gasteiger partial charge in [-0.2, -0.15) is 0 Å². The number of nitrogens with one attached hydrogen (secondary N) is 1. The average Bonchev–Trinajstić information content (AvgIpc) is 2.72. The van der Waals surface area contributed by atoms with E-state index in [2.05, 4.69) is 15.5 Å². The summed E-state index contributed by atoms with van der Waals surface area (Å²) in [6, 6.07) is 7.99. The second-order valence-electron chi connectivity index (χ2n) is 2.81. The van der Waals surface area contributed by atoms with Gasteiger partial charge < -0.3 is 5.32 Å². The van der Waals surface area contributed by atoms with E-state index in [1.54, 1.807) is 11.3 Å². The van der Waals surface area contributed by atoms with Crippen molar-refractivity contribution in [3.8, 4) is 10.6 Å². The summed E-state index contributed by atoms with van der Waals surface area (Å²) in [4.78, 5) is 1.15. The lowest BCUT2D eigenvalue weighted by Crippen LogP contribution is -2.00. The zero-order valence-electron chi connectivity index (χ0n) is 7.90. The molecule has 0 spiro atoms. The fourth-order valence-corrected chi connectivity index (χ4v) is 1.85. The third-order valence-corrected chi connectivity index (χ3v) is 2.69. The van der Waals surface area contributed by atoms with Crippen LogP contribution >= 0.6 is 11.3 Å². The Morgan fingerprint density at radius 3 is 2.79 bits per heavy atom. The molecule has 3 nitrogen and oxygen atoms in total. The number of anilines is 1. The van der Waals surface area contributed by atoms with Crippen molar-refractivity contribution in [1.29, 1.82) is 0 Å². The molecular weight excluding hydrogens is 194 g/mol. The predicted octanol–water partition coefficient (Wildman–Crippen LogP) is 2.64. The molecule has 0 aliphatic heterocycles. The smallest absolute Gasteiger partial charge is 0.148 e. The maximum absolute atomic E-state index is 4.14. The molecule has 4 heteroatoms. The first-order chi connectivity index (χ1) is 6.90. The highest BCUT2D eigenvalue weighted by Crippen LogP contribution is 2.22. The van der Waals surface area contributed by atoms with Crippen molar-refractivity contribution >= 4 is 17.2 Å². The number of rotatable bonds is 3. The van der Waals surface area contributed by atoms with Crippen LogP contribution < -0.4 is 5.32 Å². The normalized spacial score (nSPS) is 10.1. The van der Waals surface area contributed by atoms with Crippen molar-refractivity contribution in [2.24, 2.45) is 0 Å². The van der Waals surface area contributed by atoms with E-state index < -0.39 is 0 Å². The standard InChI is InChI=1S/C10H11N3S/c1-2-11-10-6-5-8(12-13-10)9-4-3-7-14-9/h3-7H,2H2,1H3,(H,11,13). The lowest BCUT2D eigenvalue weighted by molar-refractivity contribution is 1.02. The van der Waals surface area contributed by atoms with Gasteiger partial charge in [-0.15, -0.1) is 21.5 Å². The number of aromatic nitrogens is 2. The van der Waals surface area contributed by atoms with Crippen LogP contribution in [0.15, 0.2) is 29.6 Å². The van der Waals surface area contributed by atoms with E-state index in [0.29, 0.717) is 0 Å². The third-order valence-electron chi connectivity index (χ3n) is 1.80. The van der Waals surface area contributed by atoms with Crippen LogP contribution in [0, 0.1) is 0 Å². The molecule has 0 saturated heterocycles. The lowest BCUT2D eigenvalue weighted by Gasteiger charge is -2.00. The van der Waals surface area contributed by atoms with Gasteiger partial charge in [-0.3, -0.25) is 0 Å². The van der Waals surface area contributed by atoms with Gasteiger partial charge in [0, 0.05) is 6.54 Å². The highest BCUT2D eigenvalue weighted by molar-refractivity contribution is 7.13. The Morgan fingerprint density at radius 2 is 2.21 bits per heavy atom. The lowest BCUT2D eigenvalue weighted by atomic mass is 10.3. The Balaban J connectivity index is 2.22. The SMILES string of the molecule is CCNc1ccc(-c2cccs2)nn1. The van der Waals surface area contributed by atoms with Crippen LogP contribution in [0.1, 0.15) is 6.92 Å². The summed E-state index contributed by atoms with van der Waals surface area (Å²) in [6.07, 6.45) is 0. The molecule has 0 bridgehead atoms. The molecule has 0 aliphatic rings. The number of thiophene rings is 1. The molecule has 0 aromatic carbocycles. The van der Waals surface area contributed by atoms with Crippen LogP contribution in [-0.4, -0.2) is 16.7 Å².